The molecule has 3 nitrogen and oxygen atoms in total. The average Bonchev–Trinajstić information content (AvgIpc) is 2.41. The van der Waals surface area contributed by atoms with Gasteiger partial charge in [-0.2, -0.15) is 0 Å². The van der Waals surface area contributed by atoms with Crippen LogP contribution in [0.15, 0.2) is 24.3 Å². The maximum atomic E-state index is 12.2. The summed E-state index contributed by atoms with van der Waals surface area (Å²) in [5, 5.41) is 0. The van der Waals surface area contributed by atoms with Gasteiger partial charge in [-0.1, -0.05) is 18.6 Å². The Balaban J connectivity index is 2.16. The third-order valence-electron chi connectivity index (χ3n) is 3.31. The van der Waals surface area contributed by atoms with Crippen molar-refractivity contribution >= 4 is 5.97 Å². The summed E-state index contributed by atoms with van der Waals surface area (Å²) in [6.07, 6.45) is 4.66. The molecule has 1 saturated carbocycles. The Bertz CT molecular complexity index is 380. The Morgan fingerprint density at radius 3 is 2.56 bits per heavy atom. The molecule has 0 N–H and O–H groups in total. The highest BCUT2D eigenvalue weighted by molar-refractivity contribution is 5.80. The highest BCUT2D eigenvalue weighted by atomic mass is 16.6. The Morgan fingerprint density at radius 1 is 1.28 bits per heavy atom. The van der Waals surface area contributed by atoms with Gasteiger partial charge in [0, 0.05) is 0 Å². The van der Waals surface area contributed by atoms with Crippen molar-refractivity contribution in [3.05, 3.63) is 30.3 Å². The van der Waals surface area contributed by atoms with Crippen molar-refractivity contribution in [2.24, 2.45) is 0 Å². The first-order chi connectivity index (χ1) is 8.77. The van der Waals surface area contributed by atoms with E-state index in [0.29, 0.717) is 12.4 Å². The van der Waals surface area contributed by atoms with Crippen molar-refractivity contribution in [1.82, 2.24) is 0 Å². The van der Waals surface area contributed by atoms with Gasteiger partial charge in [-0.15, -0.1) is 0 Å². The molecule has 1 radical (unpaired) electrons. The topological polar surface area (TPSA) is 35.5 Å². The molecule has 0 atom stereocenters. The van der Waals surface area contributed by atoms with Crippen LogP contribution in [0.4, 0.5) is 0 Å². The van der Waals surface area contributed by atoms with Crippen LogP contribution in [0.2, 0.25) is 0 Å². The van der Waals surface area contributed by atoms with Gasteiger partial charge in [-0.05, 0) is 50.8 Å². The maximum absolute atomic E-state index is 12.2. The van der Waals surface area contributed by atoms with Crippen LogP contribution < -0.4 is 4.74 Å². The number of hydrogen-bond acceptors (Lipinski definition) is 3. The van der Waals surface area contributed by atoms with E-state index < -0.39 is 5.60 Å². The van der Waals surface area contributed by atoms with Crippen molar-refractivity contribution in [2.45, 2.75) is 44.6 Å². The summed E-state index contributed by atoms with van der Waals surface area (Å²) >= 11 is 0. The van der Waals surface area contributed by atoms with E-state index in [4.69, 9.17) is 9.47 Å². The fourth-order valence-corrected chi connectivity index (χ4v) is 2.40. The zero-order valence-electron chi connectivity index (χ0n) is 10.8. The number of esters is 1. The fraction of sp³-hybridized carbons (Fsp3) is 0.533. The first-order valence-corrected chi connectivity index (χ1v) is 6.59. The molecule has 97 valence electrons. The number of carbonyl (C=O) groups is 1. The van der Waals surface area contributed by atoms with E-state index in [1.54, 1.807) is 12.1 Å². The van der Waals surface area contributed by atoms with Gasteiger partial charge >= 0.3 is 5.97 Å². The van der Waals surface area contributed by atoms with Gasteiger partial charge in [-0.3, -0.25) is 0 Å². The van der Waals surface area contributed by atoms with Crippen LogP contribution in [0.5, 0.6) is 5.75 Å². The summed E-state index contributed by atoms with van der Waals surface area (Å²) in [6, 6.07) is 10.2. The molecule has 0 unspecified atom stereocenters. The summed E-state index contributed by atoms with van der Waals surface area (Å²) in [5.41, 5.74) is -0.782. The number of rotatable bonds is 4. The van der Waals surface area contributed by atoms with Gasteiger partial charge in [0.15, 0.2) is 0 Å². The largest absolute Gasteiger partial charge is 0.476 e. The third kappa shape index (κ3) is 2.84. The highest BCUT2D eigenvalue weighted by Gasteiger charge is 2.43. The van der Waals surface area contributed by atoms with Gasteiger partial charge in [0.1, 0.15) is 5.75 Å². The molecule has 0 aliphatic heterocycles. The van der Waals surface area contributed by atoms with E-state index in [1.807, 2.05) is 19.1 Å². The molecule has 1 aliphatic rings. The first-order valence-electron chi connectivity index (χ1n) is 6.59. The van der Waals surface area contributed by atoms with Gasteiger partial charge in [0.25, 0.3) is 0 Å². The van der Waals surface area contributed by atoms with Crippen LogP contribution in [-0.2, 0) is 9.53 Å². The second-order valence-electron chi connectivity index (χ2n) is 4.61. The third-order valence-corrected chi connectivity index (χ3v) is 3.31. The molecule has 0 aromatic heterocycles. The van der Waals surface area contributed by atoms with Crippen LogP contribution >= 0.6 is 0 Å². The average molecular weight is 247 g/mol. The molecule has 1 aliphatic carbocycles. The smallest absolute Gasteiger partial charge is 0.350 e. The Hall–Kier alpha value is -1.51. The van der Waals surface area contributed by atoms with E-state index in [-0.39, 0.29) is 5.97 Å². The quantitative estimate of drug-likeness (QED) is 0.767. The second kappa shape index (κ2) is 5.89. The van der Waals surface area contributed by atoms with Crippen molar-refractivity contribution in [3.63, 3.8) is 0 Å². The Morgan fingerprint density at radius 2 is 1.94 bits per heavy atom. The lowest BCUT2D eigenvalue weighted by Crippen LogP contribution is -2.47. The van der Waals surface area contributed by atoms with Crippen molar-refractivity contribution in [2.75, 3.05) is 6.61 Å². The predicted octanol–water partition coefficient (Wildman–Crippen LogP) is 3.13. The molecule has 0 spiro atoms. The lowest BCUT2D eigenvalue weighted by Gasteiger charge is -2.35. The molecular formula is C15H19O3. The number of benzene rings is 1. The Labute approximate surface area is 108 Å². The molecular weight excluding hydrogens is 228 g/mol. The lowest BCUT2D eigenvalue weighted by atomic mass is 9.84. The minimum absolute atomic E-state index is 0.225. The molecule has 0 bridgehead atoms. The van der Waals surface area contributed by atoms with Crippen molar-refractivity contribution < 1.29 is 14.3 Å². The molecule has 1 aromatic rings. The zero-order chi connectivity index (χ0) is 12.8. The first kappa shape index (κ1) is 12.9. The second-order valence-corrected chi connectivity index (χ2v) is 4.61. The van der Waals surface area contributed by atoms with Gasteiger partial charge < -0.3 is 9.47 Å². The SMILES string of the molecule is CCOC(=O)C1(Oc2cc[c]cc2)CCCCC1. The van der Waals surface area contributed by atoms with Gasteiger partial charge in [-0.25, -0.2) is 4.79 Å². The summed E-state index contributed by atoms with van der Waals surface area (Å²) in [6.45, 7) is 2.22. The number of carbonyl (C=O) groups excluding carboxylic acids is 1. The van der Waals surface area contributed by atoms with Crippen molar-refractivity contribution in [1.29, 1.82) is 0 Å². The van der Waals surface area contributed by atoms with E-state index in [9.17, 15) is 4.79 Å². The molecule has 0 saturated heterocycles. The van der Waals surface area contributed by atoms with Crippen LogP contribution in [-0.4, -0.2) is 18.2 Å². The molecule has 1 fully saturated rings. The minimum atomic E-state index is -0.782. The van der Waals surface area contributed by atoms with Crippen LogP contribution in [0.25, 0.3) is 0 Å². The standard InChI is InChI=1S/C15H19O3/c1-2-17-14(16)15(11-7-4-8-12-15)18-13-9-5-3-6-10-13/h5-6,9-10H,2,4,7-8,11-12H2,1H3. The fourth-order valence-electron chi connectivity index (χ4n) is 2.40. The summed E-state index contributed by atoms with van der Waals surface area (Å²) in [4.78, 5) is 12.2. The highest BCUT2D eigenvalue weighted by Crippen LogP contribution is 2.34. The molecule has 0 heterocycles. The van der Waals surface area contributed by atoms with Crippen LogP contribution in [0.1, 0.15) is 39.0 Å². The zero-order valence-corrected chi connectivity index (χ0v) is 10.8. The number of hydrogen-bond donors (Lipinski definition) is 0. The van der Waals surface area contributed by atoms with E-state index in [1.165, 1.54) is 0 Å². The summed E-state index contributed by atoms with van der Waals surface area (Å²) in [5.74, 6) is 0.487. The normalized spacial score (nSPS) is 18.1. The van der Waals surface area contributed by atoms with Crippen LogP contribution in [0.3, 0.4) is 0 Å². The van der Waals surface area contributed by atoms with Gasteiger partial charge in [0.2, 0.25) is 5.60 Å². The minimum Gasteiger partial charge on any atom is -0.476 e. The molecule has 3 heteroatoms. The van der Waals surface area contributed by atoms with Crippen LogP contribution in [0, 0.1) is 6.07 Å². The number of ether oxygens (including phenoxy) is 2. The van der Waals surface area contributed by atoms with E-state index >= 15 is 0 Å². The summed E-state index contributed by atoms with van der Waals surface area (Å²) in [7, 11) is 0. The molecule has 1 aromatic carbocycles. The maximum Gasteiger partial charge on any atom is 0.350 e. The monoisotopic (exact) mass is 247 g/mol. The van der Waals surface area contributed by atoms with Crippen molar-refractivity contribution in [3.8, 4) is 5.75 Å². The van der Waals surface area contributed by atoms with Gasteiger partial charge in [0.05, 0.1) is 6.61 Å². The molecule has 2 rings (SSSR count). The molecule has 18 heavy (non-hydrogen) atoms. The predicted molar refractivity (Wildman–Crippen MR) is 68.4 cm³/mol. The van der Waals surface area contributed by atoms with E-state index in [2.05, 4.69) is 6.07 Å². The Kier molecular flexibility index (Phi) is 4.24. The van der Waals surface area contributed by atoms with E-state index in [0.717, 1.165) is 32.1 Å². The summed E-state index contributed by atoms with van der Waals surface area (Å²) < 4.78 is 11.1. The lowest BCUT2D eigenvalue weighted by molar-refractivity contribution is -0.164. The molecule has 0 amide bonds.